The number of anilines is 1. The van der Waals surface area contributed by atoms with Crippen molar-refractivity contribution in [3.05, 3.63) is 23.6 Å². The number of nitrogens with zero attached hydrogens (tertiary/aromatic N) is 2. The molecular formula is C15H22FN3O. The molecule has 1 atom stereocenters. The number of hydrogen-bond acceptors (Lipinski definition) is 4. The molecule has 1 aromatic rings. The SMILES string of the molecule is CN(CC1CCCO1)c1ncc(F)cc1CNC1CC1. The third kappa shape index (κ3) is 3.46. The highest BCUT2D eigenvalue weighted by Crippen LogP contribution is 2.23. The van der Waals surface area contributed by atoms with E-state index in [2.05, 4.69) is 15.2 Å². The van der Waals surface area contributed by atoms with Crippen molar-refractivity contribution in [2.45, 2.75) is 44.4 Å². The molecule has 1 unspecified atom stereocenters. The largest absolute Gasteiger partial charge is 0.376 e. The maximum absolute atomic E-state index is 13.4. The van der Waals surface area contributed by atoms with Gasteiger partial charge in [-0.2, -0.15) is 0 Å². The summed E-state index contributed by atoms with van der Waals surface area (Å²) < 4.78 is 19.1. The molecule has 0 bridgehead atoms. The molecule has 110 valence electrons. The Morgan fingerprint density at radius 3 is 3.00 bits per heavy atom. The van der Waals surface area contributed by atoms with Gasteiger partial charge in [0.15, 0.2) is 0 Å². The summed E-state index contributed by atoms with van der Waals surface area (Å²) in [5.41, 5.74) is 0.928. The molecule has 0 aromatic carbocycles. The number of likely N-dealkylation sites (N-methyl/N-ethyl adjacent to an activating group) is 1. The van der Waals surface area contributed by atoms with E-state index < -0.39 is 0 Å². The third-order valence-electron chi connectivity index (χ3n) is 3.93. The molecule has 1 saturated carbocycles. The lowest BCUT2D eigenvalue weighted by molar-refractivity contribution is 0.116. The van der Waals surface area contributed by atoms with Crippen LogP contribution in [0.1, 0.15) is 31.2 Å². The van der Waals surface area contributed by atoms with Crippen molar-refractivity contribution in [3.8, 4) is 0 Å². The fourth-order valence-electron chi connectivity index (χ4n) is 2.67. The minimum Gasteiger partial charge on any atom is -0.376 e. The Hall–Kier alpha value is -1.20. The molecule has 0 spiro atoms. The molecule has 1 N–H and O–H groups in total. The number of pyridine rings is 1. The van der Waals surface area contributed by atoms with Crippen molar-refractivity contribution in [2.24, 2.45) is 0 Å². The Morgan fingerprint density at radius 1 is 1.45 bits per heavy atom. The van der Waals surface area contributed by atoms with Crippen LogP contribution in [0.5, 0.6) is 0 Å². The molecule has 20 heavy (non-hydrogen) atoms. The van der Waals surface area contributed by atoms with Gasteiger partial charge in [0, 0.05) is 38.3 Å². The van der Waals surface area contributed by atoms with Crippen LogP contribution in [-0.2, 0) is 11.3 Å². The predicted molar refractivity (Wildman–Crippen MR) is 76.3 cm³/mol. The van der Waals surface area contributed by atoms with Gasteiger partial charge in [0.2, 0.25) is 0 Å². The molecule has 1 saturated heterocycles. The van der Waals surface area contributed by atoms with Crippen molar-refractivity contribution in [1.82, 2.24) is 10.3 Å². The van der Waals surface area contributed by atoms with Gasteiger partial charge in [-0.25, -0.2) is 9.37 Å². The third-order valence-corrected chi connectivity index (χ3v) is 3.93. The van der Waals surface area contributed by atoms with Crippen molar-refractivity contribution < 1.29 is 9.13 Å². The topological polar surface area (TPSA) is 37.4 Å². The van der Waals surface area contributed by atoms with Crippen molar-refractivity contribution in [1.29, 1.82) is 0 Å². The first-order valence-corrected chi connectivity index (χ1v) is 7.43. The Balaban J connectivity index is 1.68. The van der Waals surface area contributed by atoms with Crippen molar-refractivity contribution >= 4 is 5.82 Å². The minimum absolute atomic E-state index is 0.271. The van der Waals surface area contributed by atoms with Crippen LogP contribution >= 0.6 is 0 Å². The summed E-state index contributed by atoms with van der Waals surface area (Å²) in [5.74, 6) is 0.585. The number of nitrogens with one attached hydrogen (secondary N) is 1. The molecule has 2 fully saturated rings. The van der Waals surface area contributed by atoms with E-state index in [0.717, 1.165) is 37.4 Å². The molecule has 1 aliphatic heterocycles. The normalized spacial score (nSPS) is 22.2. The van der Waals surface area contributed by atoms with E-state index in [1.54, 1.807) is 6.07 Å². The fourth-order valence-corrected chi connectivity index (χ4v) is 2.67. The maximum atomic E-state index is 13.4. The second-order valence-corrected chi connectivity index (χ2v) is 5.81. The lowest BCUT2D eigenvalue weighted by atomic mass is 10.2. The summed E-state index contributed by atoms with van der Waals surface area (Å²) in [6.45, 7) is 2.35. The fraction of sp³-hybridized carbons (Fsp3) is 0.667. The average Bonchev–Trinajstić information content (AvgIpc) is 3.13. The van der Waals surface area contributed by atoms with Crippen LogP contribution in [0.2, 0.25) is 0 Å². The molecule has 3 rings (SSSR count). The van der Waals surface area contributed by atoms with Crippen LogP contribution in [0, 0.1) is 5.82 Å². The van der Waals surface area contributed by atoms with Gasteiger partial charge in [-0.15, -0.1) is 0 Å². The smallest absolute Gasteiger partial charge is 0.141 e. The standard InChI is InChI=1S/C15H22FN3O/c1-19(10-14-3-2-6-20-14)15-11(7-12(16)9-18-15)8-17-13-4-5-13/h7,9,13-14,17H,2-6,8,10H2,1H3. The van der Waals surface area contributed by atoms with Gasteiger partial charge < -0.3 is 15.0 Å². The average molecular weight is 279 g/mol. The zero-order chi connectivity index (χ0) is 13.9. The lowest BCUT2D eigenvalue weighted by Gasteiger charge is -2.24. The van der Waals surface area contributed by atoms with Crippen LogP contribution in [0.25, 0.3) is 0 Å². The van der Waals surface area contributed by atoms with Crippen LogP contribution in [-0.4, -0.2) is 37.3 Å². The summed E-state index contributed by atoms with van der Waals surface area (Å²) in [4.78, 5) is 6.36. The number of hydrogen-bond donors (Lipinski definition) is 1. The van der Waals surface area contributed by atoms with E-state index in [4.69, 9.17) is 4.74 Å². The van der Waals surface area contributed by atoms with Crippen LogP contribution in [0.15, 0.2) is 12.3 Å². The van der Waals surface area contributed by atoms with Gasteiger partial charge in [-0.1, -0.05) is 0 Å². The second-order valence-electron chi connectivity index (χ2n) is 5.81. The van der Waals surface area contributed by atoms with Gasteiger partial charge >= 0.3 is 0 Å². The molecule has 5 heteroatoms. The summed E-state index contributed by atoms with van der Waals surface area (Å²) in [5, 5.41) is 3.42. The number of aromatic nitrogens is 1. The molecule has 2 heterocycles. The van der Waals surface area contributed by atoms with Crippen molar-refractivity contribution in [3.63, 3.8) is 0 Å². The number of rotatable bonds is 6. The summed E-state index contributed by atoms with van der Waals surface area (Å²) in [6.07, 6.45) is 6.25. The van der Waals surface area contributed by atoms with Gasteiger partial charge in [-0.3, -0.25) is 0 Å². The Bertz CT molecular complexity index is 458. The predicted octanol–water partition coefficient (Wildman–Crippen LogP) is 2.09. The Morgan fingerprint density at radius 2 is 2.30 bits per heavy atom. The molecule has 2 aliphatic rings. The highest BCUT2D eigenvalue weighted by atomic mass is 19.1. The molecule has 4 nitrogen and oxygen atoms in total. The van der Waals surface area contributed by atoms with Crippen molar-refractivity contribution in [2.75, 3.05) is 25.1 Å². The number of halogens is 1. The van der Waals surface area contributed by atoms with Gasteiger partial charge in [0.1, 0.15) is 11.6 Å². The summed E-state index contributed by atoms with van der Waals surface area (Å²) in [6, 6.07) is 2.19. The Kier molecular flexibility index (Phi) is 4.17. The molecule has 1 aromatic heterocycles. The molecule has 0 amide bonds. The van der Waals surface area contributed by atoms with E-state index in [1.807, 2.05) is 7.05 Å². The highest BCUT2D eigenvalue weighted by molar-refractivity contribution is 5.46. The summed E-state index contributed by atoms with van der Waals surface area (Å²) in [7, 11) is 2.00. The van der Waals surface area contributed by atoms with Gasteiger partial charge in [0.05, 0.1) is 12.3 Å². The Labute approximate surface area is 119 Å². The van der Waals surface area contributed by atoms with E-state index in [9.17, 15) is 4.39 Å². The van der Waals surface area contributed by atoms with Gasteiger partial charge in [0.25, 0.3) is 0 Å². The second kappa shape index (κ2) is 6.06. The van der Waals surface area contributed by atoms with E-state index in [0.29, 0.717) is 12.6 Å². The lowest BCUT2D eigenvalue weighted by Crippen LogP contribution is -2.30. The van der Waals surface area contributed by atoms with E-state index in [-0.39, 0.29) is 11.9 Å². The van der Waals surface area contributed by atoms with Crippen LogP contribution in [0.3, 0.4) is 0 Å². The molecule has 0 radical (unpaired) electrons. The minimum atomic E-state index is -0.271. The van der Waals surface area contributed by atoms with Crippen LogP contribution < -0.4 is 10.2 Å². The number of ether oxygens (including phenoxy) is 1. The quantitative estimate of drug-likeness (QED) is 0.865. The highest BCUT2D eigenvalue weighted by Gasteiger charge is 2.23. The van der Waals surface area contributed by atoms with E-state index in [1.165, 1.54) is 19.0 Å². The van der Waals surface area contributed by atoms with Gasteiger partial charge in [-0.05, 0) is 31.7 Å². The zero-order valence-corrected chi connectivity index (χ0v) is 11.9. The first-order valence-electron chi connectivity index (χ1n) is 7.43. The van der Waals surface area contributed by atoms with E-state index >= 15 is 0 Å². The van der Waals surface area contributed by atoms with Crippen LogP contribution in [0.4, 0.5) is 10.2 Å². The monoisotopic (exact) mass is 279 g/mol. The maximum Gasteiger partial charge on any atom is 0.141 e. The first-order chi connectivity index (χ1) is 9.72. The zero-order valence-electron chi connectivity index (χ0n) is 11.9. The molecule has 1 aliphatic carbocycles. The first kappa shape index (κ1) is 13.8. The summed E-state index contributed by atoms with van der Waals surface area (Å²) >= 11 is 0. The molecular weight excluding hydrogens is 257 g/mol.